The molecule has 4 heteroatoms. The number of rotatable bonds is 5. The molecule has 0 aromatic heterocycles. The van der Waals surface area contributed by atoms with Crippen molar-refractivity contribution in [2.24, 2.45) is 0 Å². The van der Waals surface area contributed by atoms with Crippen LogP contribution in [-0.2, 0) is 4.74 Å². The minimum Gasteiger partial charge on any atom is -0.399 e. The summed E-state index contributed by atoms with van der Waals surface area (Å²) < 4.78 is 5.22. The number of carbonyl (C=O) groups is 1. The van der Waals surface area contributed by atoms with Crippen LogP contribution in [0.2, 0.25) is 0 Å². The minimum absolute atomic E-state index is 0.00666. The van der Waals surface area contributed by atoms with Crippen LogP contribution in [-0.4, -0.2) is 37.6 Å². The van der Waals surface area contributed by atoms with Gasteiger partial charge in [-0.25, -0.2) is 0 Å². The van der Waals surface area contributed by atoms with E-state index in [1.165, 1.54) is 0 Å². The molecule has 0 heterocycles. The molecule has 2 N–H and O–H groups in total. The third-order valence-corrected chi connectivity index (χ3v) is 2.64. The summed E-state index contributed by atoms with van der Waals surface area (Å²) in [5.74, 6) is -0.00666. The summed E-state index contributed by atoms with van der Waals surface area (Å²) in [4.78, 5) is 13.7. The number of nitrogens with zero attached hydrogens (tertiary/aromatic N) is 1. The van der Waals surface area contributed by atoms with Gasteiger partial charge in [-0.3, -0.25) is 4.79 Å². The van der Waals surface area contributed by atoms with Crippen LogP contribution in [0.3, 0.4) is 0 Å². The Bertz CT molecular complexity index is 391. The Labute approximate surface area is 102 Å². The van der Waals surface area contributed by atoms with Gasteiger partial charge < -0.3 is 15.4 Å². The first-order valence-electron chi connectivity index (χ1n) is 5.75. The zero-order valence-corrected chi connectivity index (χ0v) is 10.7. The van der Waals surface area contributed by atoms with Crippen LogP contribution in [0.15, 0.2) is 18.2 Å². The quantitative estimate of drug-likeness (QED) is 0.625. The molecule has 1 amide bonds. The van der Waals surface area contributed by atoms with Crippen LogP contribution >= 0.6 is 0 Å². The number of hydrogen-bond donors (Lipinski definition) is 1. The van der Waals surface area contributed by atoms with Crippen molar-refractivity contribution in [3.05, 3.63) is 29.3 Å². The van der Waals surface area contributed by atoms with Crippen LogP contribution in [0.4, 0.5) is 5.69 Å². The second-order valence-corrected chi connectivity index (χ2v) is 3.99. The van der Waals surface area contributed by atoms with Crippen molar-refractivity contribution in [1.82, 2.24) is 4.90 Å². The highest BCUT2D eigenvalue weighted by molar-refractivity contribution is 5.94. The summed E-state index contributed by atoms with van der Waals surface area (Å²) >= 11 is 0. The first-order chi connectivity index (χ1) is 8.06. The highest BCUT2D eigenvalue weighted by Gasteiger charge is 2.11. The molecule has 0 unspecified atom stereocenters. The normalized spacial score (nSPS) is 10.3. The largest absolute Gasteiger partial charge is 0.399 e. The van der Waals surface area contributed by atoms with Gasteiger partial charge in [0, 0.05) is 31.5 Å². The summed E-state index contributed by atoms with van der Waals surface area (Å²) in [5.41, 5.74) is 8.01. The van der Waals surface area contributed by atoms with Crippen molar-refractivity contribution >= 4 is 11.6 Å². The predicted molar refractivity (Wildman–Crippen MR) is 69.0 cm³/mol. The summed E-state index contributed by atoms with van der Waals surface area (Å²) in [7, 11) is 1.77. The van der Waals surface area contributed by atoms with E-state index in [2.05, 4.69) is 0 Å². The van der Waals surface area contributed by atoms with Crippen molar-refractivity contribution in [3.8, 4) is 0 Å². The molecule has 0 aliphatic heterocycles. The zero-order chi connectivity index (χ0) is 12.8. The van der Waals surface area contributed by atoms with E-state index >= 15 is 0 Å². The number of nitrogens with two attached hydrogens (primary N) is 1. The Hall–Kier alpha value is -1.55. The fourth-order valence-corrected chi connectivity index (χ4v) is 1.48. The molecule has 1 aromatic rings. The van der Waals surface area contributed by atoms with Gasteiger partial charge in [0.15, 0.2) is 0 Å². The van der Waals surface area contributed by atoms with Gasteiger partial charge in [0.05, 0.1) is 6.61 Å². The third-order valence-electron chi connectivity index (χ3n) is 2.64. The van der Waals surface area contributed by atoms with Gasteiger partial charge in [0.1, 0.15) is 0 Å². The smallest absolute Gasteiger partial charge is 0.253 e. The van der Waals surface area contributed by atoms with E-state index in [4.69, 9.17) is 10.5 Å². The second kappa shape index (κ2) is 6.25. The van der Waals surface area contributed by atoms with E-state index in [9.17, 15) is 4.79 Å². The number of anilines is 1. The summed E-state index contributed by atoms with van der Waals surface area (Å²) in [6.45, 7) is 5.66. The Kier molecular flexibility index (Phi) is 4.97. The standard InChI is InChI=1S/C13H20N2O2/c1-4-17-8-7-15(3)13(16)11-5-6-12(14)10(2)9-11/h5-6,9H,4,7-8,14H2,1-3H3. The Balaban J connectivity index is 2.65. The number of benzene rings is 1. The van der Waals surface area contributed by atoms with E-state index < -0.39 is 0 Å². The van der Waals surface area contributed by atoms with Crippen LogP contribution in [0.25, 0.3) is 0 Å². The van der Waals surface area contributed by atoms with Gasteiger partial charge in [-0.1, -0.05) is 0 Å². The van der Waals surface area contributed by atoms with Gasteiger partial charge in [0.25, 0.3) is 5.91 Å². The SMILES string of the molecule is CCOCCN(C)C(=O)c1ccc(N)c(C)c1. The van der Waals surface area contributed by atoms with Crippen molar-refractivity contribution in [2.45, 2.75) is 13.8 Å². The Morgan fingerprint density at radius 1 is 1.47 bits per heavy atom. The lowest BCUT2D eigenvalue weighted by Crippen LogP contribution is -2.30. The molecule has 1 aromatic carbocycles. The summed E-state index contributed by atoms with van der Waals surface area (Å²) in [6.07, 6.45) is 0. The molecule has 0 fully saturated rings. The second-order valence-electron chi connectivity index (χ2n) is 3.99. The summed E-state index contributed by atoms with van der Waals surface area (Å²) in [5, 5.41) is 0. The first-order valence-corrected chi connectivity index (χ1v) is 5.75. The van der Waals surface area contributed by atoms with Crippen molar-refractivity contribution in [2.75, 3.05) is 32.5 Å². The van der Waals surface area contributed by atoms with E-state index in [0.29, 0.717) is 31.0 Å². The molecule has 0 saturated carbocycles. The molecule has 0 aliphatic rings. The highest BCUT2D eigenvalue weighted by Crippen LogP contribution is 2.13. The Morgan fingerprint density at radius 3 is 2.76 bits per heavy atom. The fourth-order valence-electron chi connectivity index (χ4n) is 1.48. The monoisotopic (exact) mass is 236 g/mol. The molecule has 17 heavy (non-hydrogen) atoms. The molecule has 0 radical (unpaired) electrons. The maximum Gasteiger partial charge on any atom is 0.253 e. The maximum absolute atomic E-state index is 12.0. The number of aryl methyl sites for hydroxylation is 1. The molecule has 0 aliphatic carbocycles. The molecule has 0 atom stereocenters. The molecule has 4 nitrogen and oxygen atoms in total. The molecular formula is C13H20N2O2. The average Bonchev–Trinajstić information content (AvgIpc) is 2.32. The lowest BCUT2D eigenvalue weighted by atomic mass is 10.1. The lowest BCUT2D eigenvalue weighted by Gasteiger charge is -2.17. The van der Waals surface area contributed by atoms with Crippen molar-refractivity contribution in [3.63, 3.8) is 0 Å². The van der Waals surface area contributed by atoms with Gasteiger partial charge >= 0.3 is 0 Å². The van der Waals surface area contributed by atoms with Crippen LogP contribution in [0, 0.1) is 6.92 Å². The predicted octanol–water partition coefficient (Wildman–Crippen LogP) is 1.69. The average molecular weight is 236 g/mol. The van der Waals surface area contributed by atoms with Crippen LogP contribution < -0.4 is 5.73 Å². The van der Waals surface area contributed by atoms with E-state index in [-0.39, 0.29) is 5.91 Å². The summed E-state index contributed by atoms with van der Waals surface area (Å²) in [6, 6.07) is 5.33. The molecule has 1 rings (SSSR count). The van der Waals surface area contributed by atoms with E-state index in [1.807, 2.05) is 19.9 Å². The highest BCUT2D eigenvalue weighted by atomic mass is 16.5. The van der Waals surface area contributed by atoms with Gasteiger partial charge in [-0.2, -0.15) is 0 Å². The topological polar surface area (TPSA) is 55.6 Å². The third kappa shape index (κ3) is 3.75. The number of nitrogen functional groups attached to an aromatic ring is 1. The lowest BCUT2D eigenvalue weighted by molar-refractivity contribution is 0.0710. The molecule has 0 spiro atoms. The molecule has 0 saturated heterocycles. The Morgan fingerprint density at radius 2 is 2.18 bits per heavy atom. The van der Waals surface area contributed by atoms with Crippen LogP contribution in [0.5, 0.6) is 0 Å². The molecular weight excluding hydrogens is 216 g/mol. The fraction of sp³-hybridized carbons (Fsp3) is 0.462. The zero-order valence-electron chi connectivity index (χ0n) is 10.7. The number of hydrogen-bond acceptors (Lipinski definition) is 3. The van der Waals surface area contributed by atoms with E-state index in [0.717, 1.165) is 5.56 Å². The maximum atomic E-state index is 12.0. The van der Waals surface area contributed by atoms with Crippen LogP contribution in [0.1, 0.15) is 22.8 Å². The number of amides is 1. The van der Waals surface area contributed by atoms with Gasteiger partial charge in [-0.05, 0) is 37.6 Å². The molecule has 94 valence electrons. The molecule has 0 bridgehead atoms. The van der Waals surface area contributed by atoms with Gasteiger partial charge in [0.2, 0.25) is 0 Å². The van der Waals surface area contributed by atoms with Crippen molar-refractivity contribution in [1.29, 1.82) is 0 Å². The minimum atomic E-state index is -0.00666. The van der Waals surface area contributed by atoms with Crippen molar-refractivity contribution < 1.29 is 9.53 Å². The van der Waals surface area contributed by atoms with E-state index in [1.54, 1.807) is 24.1 Å². The number of ether oxygens (including phenoxy) is 1. The number of likely N-dealkylation sites (N-methyl/N-ethyl adjacent to an activating group) is 1. The van der Waals surface area contributed by atoms with Gasteiger partial charge in [-0.15, -0.1) is 0 Å². The first kappa shape index (κ1) is 13.5. The number of carbonyl (C=O) groups excluding carboxylic acids is 1.